The lowest BCUT2D eigenvalue weighted by Gasteiger charge is -2.16. The van der Waals surface area contributed by atoms with Gasteiger partial charge in [-0.1, -0.05) is 51.7 Å². The molecule has 104 valence electrons. The summed E-state index contributed by atoms with van der Waals surface area (Å²) in [4.78, 5) is 0. The molecular formula is C18H26O. The van der Waals surface area contributed by atoms with Crippen LogP contribution in [0.1, 0.15) is 58.4 Å². The molecule has 0 saturated carbocycles. The summed E-state index contributed by atoms with van der Waals surface area (Å²) in [6, 6.07) is 8.47. The highest BCUT2D eigenvalue weighted by Gasteiger charge is 2.11. The van der Waals surface area contributed by atoms with E-state index in [1.165, 1.54) is 18.4 Å². The van der Waals surface area contributed by atoms with Gasteiger partial charge in [0, 0.05) is 5.92 Å². The first-order valence-corrected chi connectivity index (χ1v) is 7.34. The molecule has 1 aromatic carbocycles. The molecule has 0 N–H and O–H groups in total. The van der Waals surface area contributed by atoms with Gasteiger partial charge in [0.1, 0.15) is 5.75 Å². The Labute approximate surface area is 118 Å². The fourth-order valence-electron chi connectivity index (χ4n) is 2.05. The molecule has 2 atom stereocenters. The Morgan fingerprint density at radius 1 is 1.11 bits per heavy atom. The molecule has 0 fully saturated rings. The monoisotopic (exact) mass is 258 g/mol. The van der Waals surface area contributed by atoms with Crippen LogP contribution in [0.25, 0.3) is 0 Å². The third-order valence-electron chi connectivity index (χ3n) is 3.54. The standard InChI is InChI=1S/C18H26O/c1-5-7-8-14-19-18-12-10-17(11-13-18)16(4)15(3)9-6-2/h10-13,15-16H,5,7-8,14H2,1-4H3. The molecule has 1 aromatic rings. The average molecular weight is 258 g/mol. The Kier molecular flexibility index (Phi) is 7.11. The van der Waals surface area contributed by atoms with Gasteiger partial charge in [-0.2, -0.15) is 0 Å². The Bertz CT molecular complexity index is 408. The van der Waals surface area contributed by atoms with Crippen LogP contribution in [0.15, 0.2) is 24.3 Å². The van der Waals surface area contributed by atoms with Gasteiger partial charge >= 0.3 is 0 Å². The molecule has 19 heavy (non-hydrogen) atoms. The molecule has 0 spiro atoms. The van der Waals surface area contributed by atoms with Crippen LogP contribution in [0.4, 0.5) is 0 Å². The molecule has 1 rings (SSSR count). The number of ether oxygens (including phenoxy) is 1. The summed E-state index contributed by atoms with van der Waals surface area (Å²) >= 11 is 0. The van der Waals surface area contributed by atoms with E-state index in [1.807, 2.05) is 6.92 Å². The Morgan fingerprint density at radius 2 is 1.79 bits per heavy atom. The predicted molar refractivity (Wildman–Crippen MR) is 82.5 cm³/mol. The van der Waals surface area contributed by atoms with E-state index < -0.39 is 0 Å². The second-order valence-corrected chi connectivity index (χ2v) is 5.10. The van der Waals surface area contributed by atoms with E-state index in [4.69, 9.17) is 4.74 Å². The Morgan fingerprint density at radius 3 is 2.37 bits per heavy atom. The first-order chi connectivity index (χ1) is 9.19. The van der Waals surface area contributed by atoms with Gasteiger partial charge in [-0.05, 0) is 37.0 Å². The van der Waals surface area contributed by atoms with Crippen molar-refractivity contribution in [3.63, 3.8) is 0 Å². The van der Waals surface area contributed by atoms with Crippen LogP contribution in [-0.2, 0) is 0 Å². The highest BCUT2D eigenvalue weighted by atomic mass is 16.5. The number of hydrogen-bond acceptors (Lipinski definition) is 1. The van der Waals surface area contributed by atoms with Crippen molar-refractivity contribution >= 4 is 0 Å². The van der Waals surface area contributed by atoms with Gasteiger partial charge < -0.3 is 4.74 Å². The minimum absolute atomic E-state index is 0.390. The molecule has 0 radical (unpaired) electrons. The van der Waals surface area contributed by atoms with Gasteiger partial charge in [0.2, 0.25) is 0 Å². The van der Waals surface area contributed by atoms with Crippen molar-refractivity contribution in [1.29, 1.82) is 0 Å². The average Bonchev–Trinajstić information content (AvgIpc) is 2.44. The van der Waals surface area contributed by atoms with E-state index in [1.54, 1.807) is 0 Å². The Balaban J connectivity index is 2.52. The third-order valence-corrected chi connectivity index (χ3v) is 3.54. The summed E-state index contributed by atoms with van der Waals surface area (Å²) in [5.74, 6) is 8.04. The van der Waals surface area contributed by atoms with Gasteiger partial charge in [-0.25, -0.2) is 0 Å². The predicted octanol–water partition coefficient (Wildman–Crippen LogP) is 5.02. The van der Waals surface area contributed by atoms with Crippen molar-refractivity contribution in [3.05, 3.63) is 29.8 Å². The lowest BCUT2D eigenvalue weighted by molar-refractivity contribution is 0.306. The van der Waals surface area contributed by atoms with Crippen molar-refractivity contribution in [2.45, 2.75) is 52.9 Å². The highest BCUT2D eigenvalue weighted by molar-refractivity contribution is 5.30. The molecule has 0 saturated heterocycles. The van der Waals surface area contributed by atoms with Crippen LogP contribution in [0.3, 0.4) is 0 Å². The van der Waals surface area contributed by atoms with E-state index in [9.17, 15) is 0 Å². The number of hydrogen-bond donors (Lipinski definition) is 0. The van der Waals surface area contributed by atoms with Crippen LogP contribution in [-0.4, -0.2) is 6.61 Å². The fraction of sp³-hybridized carbons (Fsp3) is 0.556. The molecule has 2 unspecified atom stereocenters. The lowest BCUT2D eigenvalue weighted by Crippen LogP contribution is -2.04. The number of rotatable bonds is 7. The van der Waals surface area contributed by atoms with Gasteiger partial charge in [0.15, 0.2) is 0 Å². The van der Waals surface area contributed by atoms with Crippen LogP contribution >= 0.6 is 0 Å². The molecule has 0 aromatic heterocycles. The van der Waals surface area contributed by atoms with Crippen molar-refractivity contribution < 1.29 is 4.74 Å². The molecule has 0 bridgehead atoms. The van der Waals surface area contributed by atoms with Gasteiger partial charge in [0.25, 0.3) is 0 Å². The summed E-state index contributed by atoms with van der Waals surface area (Å²) < 4.78 is 5.72. The van der Waals surface area contributed by atoms with E-state index in [2.05, 4.69) is 56.9 Å². The van der Waals surface area contributed by atoms with Crippen molar-refractivity contribution in [3.8, 4) is 17.6 Å². The van der Waals surface area contributed by atoms with Gasteiger partial charge in [-0.15, -0.1) is 5.92 Å². The Hall–Kier alpha value is -1.42. The topological polar surface area (TPSA) is 9.23 Å². The quantitative estimate of drug-likeness (QED) is 0.493. The van der Waals surface area contributed by atoms with Gasteiger partial charge in [-0.3, -0.25) is 0 Å². The van der Waals surface area contributed by atoms with Crippen LogP contribution in [0, 0.1) is 17.8 Å². The lowest BCUT2D eigenvalue weighted by atomic mass is 9.89. The maximum atomic E-state index is 5.72. The smallest absolute Gasteiger partial charge is 0.119 e. The fourth-order valence-corrected chi connectivity index (χ4v) is 2.05. The molecule has 1 nitrogen and oxygen atoms in total. The summed E-state index contributed by atoms with van der Waals surface area (Å²) in [6.45, 7) is 9.33. The third kappa shape index (κ3) is 5.39. The minimum Gasteiger partial charge on any atom is -0.494 e. The largest absolute Gasteiger partial charge is 0.494 e. The summed E-state index contributed by atoms with van der Waals surface area (Å²) in [6.07, 6.45) is 3.61. The first-order valence-electron chi connectivity index (χ1n) is 7.34. The number of unbranched alkanes of at least 4 members (excludes halogenated alkanes) is 2. The van der Waals surface area contributed by atoms with E-state index in [-0.39, 0.29) is 0 Å². The molecule has 1 heteroatoms. The zero-order chi connectivity index (χ0) is 14.1. The first kappa shape index (κ1) is 15.6. The molecular weight excluding hydrogens is 232 g/mol. The van der Waals surface area contributed by atoms with Crippen LogP contribution in [0.5, 0.6) is 5.75 Å². The highest BCUT2D eigenvalue weighted by Crippen LogP contribution is 2.25. The van der Waals surface area contributed by atoms with Crippen LogP contribution < -0.4 is 4.74 Å². The molecule has 0 heterocycles. The maximum absolute atomic E-state index is 5.72. The van der Waals surface area contributed by atoms with Crippen LogP contribution in [0.2, 0.25) is 0 Å². The molecule has 0 aliphatic carbocycles. The number of benzene rings is 1. The maximum Gasteiger partial charge on any atom is 0.119 e. The second-order valence-electron chi connectivity index (χ2n) is 5.10. The summed E-state index contributed by atoms with van der Waals surface area (Å²) in [7, 11) is 0. The van der Waals surface area contributed by atoms with Crippen molar-refractivity contribution in [2.24, 2.45) is 5.92 Å². The molecule has 0 amide bonds. The van der Waals surface area contributed by atoms with E-state index in [0.717, 1.165) is 18.8 Å². The molecule has 0 aliphatic heterocycles. The second kappa shape index (κ2) is 8.64. The summed E-state index contributed by atoms with van der Waals surface area (Å²) in [5, 5.41) is 0. The van der Waals surface area contributed by atoms with E-state index in [0.29, 0.717) is 11.8 Å². The van der Waals surface area contributed by atoms with Crippen molar-refractivity contribution in [2.75, 3.05) is 6.61 Å². The minimum atomic E-state index is 0.390. The zero-order valence-corrected chi connectivity index (χ0v) is 12.7. The van der Waals surface area contributed by atoms with Gasteiger partial charge in [0.05, 0.1) is 6.61 Å². The SMILES string of the molecule is CC#CC(C)C(C)c1ccc(OCCCCC)cc1. The van der Waals surface area contributed by atoms with E-state index >= 15 is 0 Å². The normalized spacial score (nSPS) is 13.3. The van der Waals surface area contributed by atoms with Crippen molar-refractivity contribution in [1.82, 2.24) is 0 Å². The molecule has 0 aliphatic rings. The summed E-state index contributed by atoms with van der Waals surface area (Å²) in [5.41, 5.74) is 1.33. The zero-order valence-electron chi connectivity index (χ0n) is 12.7.